The minimum absolute atomic E-state index is 0.00987. The molecule has 148 valence electrons. The Balaban J connectivity index is 1.48. The van der Waals surface area contributed by atoms with Crippen LogP contribution in [0.4, 0.5) is 0 Å². The third kappa shape index (κ3) is 3.76. The van der Waals surface area contributed by atoms with Crippen molar-refractivity contribution in [1.29, 1.82) is 0 Å². The van der Waals surface area contributed by atoms with Crippen LogP contribution in [0.5, 0.6) is 0 Å². The van der Waals surface area contributed by atoms with Gasteiger partial charge in [-0.15, -0.1) is 11.3 Å². The molecule has 2 fully saturated rings. The van der Waals surface area contributed by atoms with E-state index in [0.717, 1.165) is 29.0 Å². The van der Waals surface area contributed by atoms with Gasteiger partial charge in [0, 0.05) is 37.2 Å². The van der Waals surface area contributed by atoms with Gasteiger partial charge < -0.3 is 24.8 Å². The lowest BCUT2D eigenvalue weighted by Gasteiger charge is -2.43. The number of fused-ring (bicyclic) bond motifs is 2. The van der Waals surface area contributed by atoms with E-state index in [4.69, 9.17) is 14.6 Å². The molecule has 27 heavy (non-hydrogen) atoms. The van der Waals surface area contributed by atoms with E-state index in [-0.39, 0.29) is 17.9 Å². The molecule has 3 aliphatic rings. The average Bonchev–Trinajstić information content (AvgIpc) is 3.15. The van der Waals surface area contributed by atoms with Gasteiger partial charge in [0.1, 0.15) is 12.2 Å². The largest absolute Gasteiger partial charge is 0.387 e. The first-order valence-corrected chi connectivity index (χ1v) is 10.5. The Labute approximate surface area is 162 Å². The smallest absolute Gasteiger partial charge is 0.261 e. The maximum atomic E-state index is 12.7. The number of thiophene rings is 1. The monoisotopic (exact) mass is 394 g/mol. The average molecular weight is 394 g/mol. The lowest BCUT2D eigenvalue weighted by atomic mass is 9.85. The van der Waals surface area contributed by atoms with Gasteiger partial charge >= 0.3 is 0 Å². The molecule has 0 atom stereocenters. The van der Waals surface area contributed by atoms with Crippen LogP contribution in [0.25, 0.3) is 0 Å². The molecule has 2 saturated heterocycles. The molecular weight excluding hydrogens is 368 g/mol. The molecule has 0 aliphatic carbocycles. The van der Waals surface area contributed by atoms with Gasteiger partial charge in [-0.05, 0) is 43.7 Å². The van der Waals surface area contributed by atoms with Crippen LogP contribution in [0.1, 0.15) is 45.8 Å². The minimum Gasteiger partial charge on any atom is -0.387 e. The molecule has 0 radical (unpaired) electrons. The Bertz CT molecular complexity index is 705. The van der Waals surface area contributed by atoms with E-state index in [9.17, 15) is 9.59 Å². The maximum Gasteiger partial charge on any atom is 0.261 e. The first kappa shape index (κ1) is 18.9. The molecule has 3 aliphatic heterocycles. The number of hydrogen-bond donors (Lipinski definition) is 2. The fourth-order valence-corrected chi connectivity index (χ4v) is 5.53. The first-order valence-electron chi connectivity index (χ1n) is 9.66. The first-order chi connectivity index (χ1) is 13.1. The topological polar surface area (TPSA) is 88.1 Å². The molecule has 7 nitrogen and oxygen atoms in total. The van der Waals surface area contributed by atoms with Crippen molar-refractivity contribution in [3.8, 4) is 0 Å². The number of rotatable bonds is 3. The third-order valence-electron chi connectivity index (χ3n) is 5.81. The summed E-state index contributed by atoms with van der Waals surface area (Å²) in [6.07, 6.45) is 3.94. The molecule has 1 aromatic rings. The Morgan fingerprint density at radius 2 is 2.00 bits per heavy atom. The number of nitrogens with one attached hydrogen (secondary N) is 1. The molecule has 0 unspecified atom stereocenters. The van der Waals surface area contributed by atoms with Gasteiger partial charge in [-0.25, -0.2) is 0 Å². The van der Waals surface area contributed by atoms with Gasteiger partial charge in [0.2, 0.25) is 5.91 Å². The van der Waals surface area contributed by atoms with Gasteiger partial charge in [-0.2, -0.15) is 0 Å². The zero-order valence-electron chi connectivity index (χ0n) is 15.4. The maximum absolute atomic E-state index is 12.7. The summed E-state index contributed by atoms with van der Waals surface area (Å²) in [5, 5.41) is 12.2. The zero-order chi connectivity index (χ0) is 18.9. The molecule has 2 amide bonds. The minimum atomic E-state index is -0.450. The van der Waals surface area contributed by atoms with Gasteiger partial charge in [0.05, 0.1) is 11.5 Å². The number of piperidine rings is 1. The highest BCUT2D eigenvalue weighted by Gasteiger charge is 2.43. The van der Waals surface area contributed by atoms with E-state index in [0.29, 0.717) is 45.8 Å². The van der Waals surface area contributed by atoms with Crippen molar-refractivity contribution in [3.05, 3.63) is 21.4 Å². The van der Waals surface area contributed by atoms with Gasteiger partial charge in [-0.3, -0.25) is 9.59 Å². The predicted molar refractivity (Wildman–Crippen MR) is 99.9 cm³/mol. The molecule has 4 rings (SSSR count). The molecule has 1 spiro atoms. The number of carbonyl (C=O) groups excluding carboxylic acids is 2. The van der Waals surface area contributed by atoms with Crippen molar-refractivity contribution in [2.45, 2.75) is 43.7 Å². The fraction of sp³-hybridized carbons (Fsp3) is 0.684. The van der Waals surface area contributed by atoms with E-state index in [2.05, 4.69) is 5.32 Å². The molecule has 1 aromatic heterocycles. The fourth-order valence-electron chi connectivity index (χ4n) is 4.22. The highest BCUT2D eigenvalue weighted by atomic mass is 32.1. The quantitative estimate of drug-likeness (QED) is 0.800. The van der Waals surface area contributed by atoms with Crippen LogP contribution in [0.2, 0.25) is 0 Å². The highest BCUT2D eigenvalue weighted by Crippen LogP contribution is 2.45. The number of carbonyl (C=O) groups is 2. The second kappa shape index (κ2) is 7.87. The summed E-state index contributed by atoms with van der Waals surface area (Å²) in [6, 6.07) is 2.20. The SMILES string of the molecule is O=C(NC1CCOCC1)c1cc2c(s1)C1(CCN(C(=O)CO)CC1)OCC2. The number of ether oxygens (including phenoxy) is 2. The van der Waals surface area contributed by atoms with E-state index in [1.807, 2.05) is 6.07 Å². The molecular formula is C19H26N2O5S. The molecule has 0 saturated carbocycles. The molecule has 8 heteroatoms. The van der Waals surface area contributed by atoms with Crippen molar-refractivity contribution in [3.63, 3.8) is 0 Å². The van der Waals surface area contributed by atoms with Gasteiger partial charge in [0.15, 0.2) is 0 Å². The molecule has 2 N–H and O–H groups in total. The predicted octanol–water partition coefficient (Wildman–Crippen LogP) is 1.04. The van der Waals surface area contributed by atoms with Crippen molar-refractivity contribution in [1.82, 2.24) is 10.2 Å². The van der Waals surface area contributed by atoms with Crippen molar-refractivity contribution >= 4 is 23.2 Å². The van der Waals surface area contributed by atoms with Gasteiger partial charge in [-0.1, -0.05) is 0 Å². The number of nitrogens with zero attached hydrogens (tertiary/aromatic N) is 1. The number of likely N-dealkylation sites (tertiary alicyclic amines) is 1. The Hall–Kier alpha value is -1.48. The summed E-state index contributed by atoms with van der Waals surface area (Å²) >= 11 is 1.53. The van der Waals surface area contributed by atoms with E-state index in [1.165, 1.54) is 16.9 Å². The molecule has 0 aromatic carbocycles. The van der Waals surface area contributed by atoms with Crippen LogP contribution in [0, 0.1) is 0 Å². The Kier molecular flexibility index (Phi) is 5.50. The Morgan fingerprint density at radius 3 is 2.70 bits per heavy atom. The normalized spacial score (nSPS) is 22.5. The van der Waals surface area contributed by atoms with E-state index >= 15 is 0 Å². The summed E-state index contributed by atoms with van der Waals surface area (Å²) in [6.45, 7) is 2.73. The van der Waals surface area contributed by atoms with Crippen molar-refractivity contribution in [2.75, 3.05) is 39.5 Å². The summed E-state index contributed by atoms with van der Waals surface area (Å²) in [5.74, 6) is -0.243. The third-order valence-corrected chi connectivity index (χ3v) is 7.17. The highest BCUT2D eigenvalue weighted by molar-refractivity contribution is 7.14. The van der Waals surface area contributed by atoms with E-state index in [1.54, 1.807) is 4.90 Å². The standard InChI is InChI=1S/C19H26N2O5S/c22-12-16(23)21-6-4-19(5-7-21)17-13(1-10-26-19)11-15(27-17)18(24)20-14-2-8-25-9-3-14/h11,14,22H,1-10,12H2,(H,20,24). The molecule has 0 bridgehead atoms. The number of amides is 2. The van der Waals surface area contributed by atoms with Crippen molar-refractivity contribution < 1.29 is 24.2 Å². The van der Waals surface area contributed by atoms with Gasteiger partial charge in [0.25, 0.3) is 5.91 Å². The Morgan fingerprint density at radius 1 is 1.26 bits per heavy atom. The number of aliphatic hydroxyl groups excluding tert-OH is 1. The van der Waals surface area contributed by atoms with Crippen LogP contribution in [-0.4, -0.2) is 67.4 Å². The van der Waals surface area contributed by atoms with E-state index < -0.39 is 12.2 Å². The summed E-state index contributed by atoms with van der Waals surface area (Å²) < 4.78 is 11.6. The zero-order valence-corrected chi connectivity index (χ0v) is 16.2. The summed E-state index contributed by atoms with van der Waals surface area (Å²) in [4.78, 5) is 28.0. The van der Waals surface area contributed by atoms with Crippen LogP contribution in [0.3, 0.4) is 0 Å². The number of aliphatic hydroxyl groups is 1. The molecule has 4 heterocycles. The lowest BCUT2D eigenvalue weighted by molar-refractivity contribution is -0.143. The summed E-state index contributed by atoms with van der Waals surface area (Å²) in [5.41, 5.74) is 0.798. The van der Waals surface area contributed by atoms with Crippen LogP contribution in [-0.2, 0) is 26.3 Å². The van der Waals surface area contributed by atoms with Crippen LogP contribution in [0.15, 0.2) is 6.07 Å². The lowest BCUT2D eigenvalue weighted by Crippen LogP contribution is -2.48. The summed E-state index contributed by atoms with van der Waals surface area (Å²) in [7, 11) is 0. The van der Waals surface area contributed by atoms with Crippen molar-refractivity contribution in [2.24, 2.45) is 0 Å². The number of hydrogen-bond acceptors (Lipinski definition) is 6. The second-order valence-electron chi connectivity index (χ2n) is 7.46. The second-order valence-corrected chi connectivity index (χ2v) is 8.51. The van der Waals surface area contributed by atoms with Crippen LogP contribution >= 0.6 is 11.3 Å². The van der Waals surface area contributed by atoms with Crippen LogP contribution < -0.4 is 5.32 Å².